The van der Waals surface area contributed by atoms with Gasteiger partial charge < -0.3 is 10.1 Å². The van der Waals surface area contributed by atoms with E-state index in [1.807, 2.05) is 13.8 Å². The first-order chi connectivity index (χ1) is 8.40. The summed E-state index contributed by atoms with van der Waals surface area (Å²) >= 11 is 5.75. The van der Waals surface area contributed by atoms with Crippen LogP contribution in [-0.4, -0.2) is 34.1 Å². The third-order valence-electron chi connectivity index (χ3n) is 3.35. The lowest BCUT2D eigenvalue weighted by atomic mass is 9.94. The van der Waals surface area contributed by atoms with Gasteiger partial charge in [-0.2, -0.15) is 0 Å². The number of rotatable bonds is 2. The number of ether oxygens (including phenoxy) is 1. The van der Waals surface area contributed by atoms with Gasteiger partial charge in [0.2, 0.25) is 5.28 Å². The molecule has 1 saturated heterocycles. The summed E-state index contributed by atoms with van der Waals surface area (Å²) in [6, 6.07) is 1.62. The first-order valence-corrected chi connectivity index (χ1v) is 6.24. The molecule has 1 aliphatic rings. The molecule has 6 heteroatoms. The Labute approximate surface area is 111 Å². The van der Waals surface area contributed by atoms with Crippen LogP contribution in [-0.2, 0) is 4.74 Å². The maximum absolute atomic E-state index is 12.1. The molecule has 1 N–H and O–H groups in total. The Bertz CT molecular complexity index is 460. The molecule has 2 rings (SSSR count). The van der Waals surface area contributed by atoms with Gasteiger partial charge in [-0.15, -0.1) is 0 Å². The third kappa shape index (κ3) is 2.62. The molecule has 1 aliphatic heterocycles. The molecule has 0 aromatic carbocycles. The van der Waals surface area contributed by atoms with Gasteiger partial charge in [-0.3, -0.25) is 4.79 Å². The molecule has 18 heavy (non-hydrogen) atoms. The average Bonchev–Trinajstić information content (AvgIpc) is 2.57. The molecular weight excluding hydrogens is 254 g/mol. The lowest BCUT2D eigenvalue weighted by Crippen LogP contribution is -2.50. The highest BCUT2D eigenvalue weighted by atomic mass is 35.5. The largest absolute Gasteiger partial charge is 0.376 e. The van der Waals surface area contributed by atoms with E-state index >= 15 is 0 Å². The van der Waals surface area contributed by atoms with E-state index in [0.717, 1.165) is 6.42 Å². The van der Waals surface area contributed by atoms with E-state index in [2.05, 4.69) is 15.3 Å². The molecule has 0 spiro atoms. The molecule has 2 atom stereocenters. The average molecular weight is 270 g/mol. The molecule has 0 aliphatic carbocycles. The van der Waals surface area contributed by atoms with Gasteiger partial charge in [0.25, 0.3) is 5.91 Å². The summed E-state index contributed by atoms with van der Waals surface area (Å²) in [5.41, 5.74) is 0.594. The second kappa shape index (κ2) is 4.82. The van der Waals surface area contributed by atoms with Crippen LogP contribution in [0.15, 0.2) is 6.07 Å². The van der Waals surface area contributed by atoms with Gasteiger partial charge in [-0.05, 0) is 44.9 Å². The minimum absolute atomic E-state index is 0.0140. The zero-order chi connectivity index (χ0) is 13.3. The molecule has 1 aromatic heterocycles. The Balaban J connectivity index is 2.17. The first-order valence-electron chi connectivity index (χ1n) is 5.86. The maximum Gasteiger partial charge on any atom is 0.270 e. The number of nitrogens with zero attached hydrogens (tertiary/aromatic N) is 2. The van der Waals surface area contributed by atoms with Crippen LogP contribution in [0, 0.1) is 6.92 Å². The molecule has 5 nitrogen and oxygen atoms in total. The molecule has 1 amide bonds. The normalized spacial score (nSPS) is 27.2. The van der Waals surface area contributed by atoms with Gasteiger partial charge in [0, 0.05) is 12.3 Å². The smallest absolute Gasteiger partial charge is 0.270 e. The highest BCUT2D eigenvalue weighted by Crippen LogP contribution is 2.25. The van der Waals surface area contributed by atoms with Crippen molar-refractivity contribution in [2.75, 3.05) is 6.61 Å². The number of nitrogens with one attached hydrogen (secondary N) is 1. The minimum Gasteiger partial charge on any atom is -0.376 e. The summed E-state index contributed by atoms with van der Waals surface area (Å²) in [6.45, 7) is 6.35. The molecule has 0 radical (unpaired) electrons. The summed E-state index contributed by atoms with van der Waals surface area (Å²) in [7, 11) is 0. The van der Waals surface area contributed by atoms with Crippen molar-refractivity contribution in [3.05, 3.63) is 22.7 Å². The van der Waals surface area contributed by atoms with Crippen molar-refractivity contribution in [1.82, 2.24) is 15.3 Å². The van der Waals surface area contributed by atoms with Crippen LogP contribution < -0.4 is 5.32 Å². The van der Waals surface area contributed by atoms with Crippen LogP contribution in [0.25, 0.3) is 0 Å². The molecule has 2 unspecified atom stereocenters. The second-order valence-corrected chi connectivity index (χ2v) is 5.14. The van der Waals surface area contributed by atoms with Crippen LogP contribution in [0.1, 0.15) is 36.5 Å². The standard InChI is InChI=1S/C12H16ClN3O2/c1-7-6-9(15-11(13)14-7)10(17)16-12(3)4-5-18-8(12)2/h6,8H,4-5H2,1-3H3,(H,16,17). The van der Waals surface area contributed by atoms with Crippen LogP contribution >= 0.6 is 11.6 Å². The van der Waals surface area contributed by atoms with Crippen molar-refractivity contribution in [2.45, 2.75) is 38.8 Å². The van der Waals surface area contributed by atoms with Crippen LogP contribution in [0.2, 0.25) is 5.28 Å². The summed E-state index contributed by atoms with van der Waals surface area (Å²) < 4.78 is 5.48. The van der Waals surface area contributed by atoms with Crippen molar-refractivity contribution in [3.63, 3.8) is 0 Å². The SMILES string of the molecule is Cc1cc(C(=O)NC2(C)CCOC2C)nc(Cl)n1. The molecular formula is C12H16ClN3O2. The number of hydrogen-bond donors (Lipinski definition) is 1. The predicted molar refractivity (Wildman–Crippen MR) is 67.7 cm³/mol. The van der Waals surface area contributed by atoms with Crippen molar-refractivity contribution in [1.29, 1.82) is 0 Å². The maximum atomic E-state index is 12.1. The molecule has 98 valence electrons. The summed E-state index contributed by atoms with van der Waals surface area (Å²) in [5, 5.41) is 3.05. The number of amides is 1. The monoisotopic (exact) mass is 269 g/mol. The third-order valence-corrected chi connectivity index (χ3v) is 3.51. The van der Waals surface area contributed by atoms with Crippen LogP contribution in [0.3, 0.4) is 0 Å². The van der Waals surface area contributed by atoms with Gasteiger partial charge in [0.15, 0.2) is 0 Å². The summed E-state index contributed by atoms with van der Waals surface area (Å²) in [5.74, 6) is -0.248. The Hall–Kier alpha value is -1.20. The van der Waals surface area contributed by atoms with E-state index in [9.17, 15) is 4.79 Å². The quantitative estimate of drug-likeness (QED) is 0.831. The van der Waals surface area contributed by atoms with E-state index in [1.165, 1.54) is 0 Å². The number of aromatic nitrogens is 2. The number of carbonyl (C=O) groups excluding carboxylic acids is 1. The lowest BCUT2D eigenvalue weighted by molar-refractivity contribution is 0.0724. The Morgan fingerprint density at radius 1 is 1.61 bits per heavy atom. The number of carbonyl (C=O) groups is 1. The fourth-order valence-electron chi connectivity index (χ4n) is 1.97. The van der Waals surface area contributed by atoms with E-state index in [0.29, 0.717) is 12.3 Å². The highest BCUT2D eigenvalue weighted by Gasteiger charge is 2.38. The molecule has 1 fully saturated rings. The fraction of sp³-hybridized carbons (Fsp3) is 0.583. The van der Waals surface area contributed by atoms with E-state index in [4.69, 9.17) is 16.3 Å². The second-order valence-electron chi connectivity index (χ2n) is 4.80. The van der Waals surface area contributed by atoms with Crippen molar-refractivity contribution >= 4 is 17.5 Å². The van der Waals surface area contributed by atoms with Crippen molar-refractivity contribution in [3.8, 4) is 0 Å². The zero-order valence-electron chi connectivity index (χ0n) is 10.7. The Morgan fingerprint density at radius 3 is 2.89 bits per heavy atom. The van der Waals surface area contributed by atoms with Crippen LogP contribution in [0.4, 0.5) is 0 Å². The molecule has 1 aromatic rings. The van der Waals surface area contributed by atoms with Crippen molar-refractivity contribution < 1.29 is 9.53 Å². The fourth-order valence-corrected chi connectivity index (χ4v) is 2.20. The van der Waals surface area contributed by atoms with Crippen molar-refractivity contribution in [2.24, 2.45) is 0 Å². The minimum atomic E-state index is -0.359. The van der Waals surface area contributed by atoms with Gasteiger partial charge >= 0.3 is 0 Å². The highest BCUT2D eigenvalue weighted by molar-refractivity contribution is 6.28. The van der Waals surface area contributed by atoms with Gasteiger partial charge in [-0.25, -0.2) is 9.97 Å². The number of halogens is 1. The molecule has 2 heterocycles. The predicted octanol–water partition coefficient (Wildman–Crippen LogP) is 1.74. The Kier molecular flexibility index (Phi) is 3.54. The molecule has 0 saturated carbocycles. The Morgan fingerprint density at radius 2 is 2.33 bits per heavy atom. The summed E-state index contributed by atoms with van der Waals surface area (Å²) in [6.07, 6.45) is 0.775. The van der Waals surface area contributed by atoms with E-state index in [1.54, 1.807) is 13.0 Å². The van der Waals surface area contributed by atoms with E-state index < -0.39 is 0 Å². The van der Waals surface area contributed by atoms with Crippen LogP contribution in [0.5, 0.6) is 0 Å². The van der Waals surface area contributed by atoms with Gasteiger partial charge in [0.05, 0.1) is 11.6 Å². The number of hydrogen-bond acceptors (Lipinski definition) is 4. The number of aryl methyl sites for hydroxylation is 1. The lowest BCUT2D eigenvalue weighted by Gasteiger charge is -2.28. The molecule has 0 bridgehead atoms. The van der Waals surface area contributed by atoms with E-state index in [-0.39, 0.29) is 28.5 Å². The van der Waals surface area contributed by atoms with Gasteiger partial charge in [-0.1, -0.05) is 0 Å². The first kappa shape index (κ1) is 13.2. The van der Waals surface area contributed by atoms with Gasteiger partial charge in [0.1, 0.15) is 5.69 Å². The topological polar surface area (TPSA) is 64.1 Å². The summed E-state index contributed by atoms with van der Waals surface area (Å²) in [4.78, 5) is 20.0. The zero-order valence-corrected chi connectivity index (χ0v) is 11.4.